The first kappa shape index (κ1) is 23.6. The summed E-state index contributed by atoms with van der Waals surface area (Å²) in [5.41, 5.74) is 1.30. The average Bonchev–Trinajstić information content (AvgIpc) is 3.27. The minimum Gasteiger partial charge on any atom is -0.454 e. The van der Waals surface area contributed by atoms with E-state index in [0.717, 1.165) is 29.8 Å². The van der Waals surface area contributed by atoms with Gasteiger partial charge in [0.05, 0.1) is 0 Å². The van der Waals surface area contributed by atoms with E-state index < -0.39 is 15.9 Å². The van der Waals surface area contributed by atoms with Gasteiger partial charge in [-0.15, -0.1) is 0 Å². The van der Waals surface area contributed by atoms with Crippen molar-refractivity contribution < 1.29 is 31.3 Å². The zero-order valence-electron chi connectivity index (χ0n) is 18.7. The molecule has 34 heavy (non-hydrogen) atoms. The van der Waals surface area contributed by atoms with E-state index >= 15 is 0 Å². The number of nitrogens with zero attached hydrogens (tertiary/aromatic N) is 1. The minimum atomic E-state index is -4.09. The number of carbonyl (C=O) groups excluding carboxylic acids is 1. The summed E-state index contributed by atoms with van der Waals surface area (Å²) in [5, 5.41) is 0. The SMILES string of the molecule is CC(C)CN(Cc1ccc(OS(=O)(=O)c2ccc(F)cc2)cc1)C(=O)c1ccc2c(c1)OCO2. The maximum absolute atomic E-state index is 13.2. The topological polar surface area (TPSA) is 82.1 Å². The maximum atomic E-state index is 13.2. The van der Waals surface area contributed by atoms with Crippen LogP contribution in [0, 0.1) is 11.7 Å². The second-order valence-corrected chi connectivity index (χ2v) is 9.83. The first-order valence-corrected chi connectivity index (χ1v) is 12.1. The van der Waals surface area contributed by atoms with Gasteiger partial charge in [0.25, 0.3) is 5.91 Å². The Hall–Kier alpha value is -3.59. The minimum absolute atomic E-state index is 0.116. The molecule has 1 aliphatic rings. The lowest BCUT2D eigenvalue weighted by molar-refractivity contribution is 0.0722. The van der Waals surface area contributed by atoms with Gasteiger partial charge in [-0.05, 0) is 66.1 Å². The van der Waals surface area contributed by atoms with E-state index in [9.17, 15) is 17.6 Å². The van der Waals surface area contributed by atoms with Crippen LogP contribution in [0.4, 0.5) is 4.39 Å². The number of fused-ring (bicyclic) bond motifs is 1. The van der Waals surface area contributed by atoms with Gasteiger partial charge in [0.15, 0.2) is 11.5 Å². The smallest absolute Gasteiger partial charge is 0.339 e. The highest BCUT2D eigenvalue weighted by Gasteiger charge is 2.22. The van der Waals surface area contributed by atoms with Crippen molar-refractivity contribution >= 4 is 16.0 Å². The Morgan fingerprint density at radius 2 is 1.68 bits per heavy atom. The van der Waals surface area contributed by atoms with Gasteiger partial charge in [-0.25, -0.2) is 4.39 Å². The fourth-order valence-electron chi connectivity index (χ4n) is 3.52. The summed E-state index contributed by atoms with van der Waals surface area (Å²) < 4.78 is 53.7. The fourth-order valence-corrected chi connectivity index (χ4v) is 4.45. The molecule has 0 unspecified atom stereocenters. The molecule has 3 aromatic carbocycles. The lowest BCUT2D eigenvalue weighted by Gasteiger charge is -2.25. The molecule has 0 radical (unpaired) electrons. The molecular weight excluding hydrogens is 461 g/mol. The van der Waals surface area contributed by atoms with Crippen molar-refractivity contribution in [1.29, 1.82) is 0 Å². The van der Waals surface area contributed by atoms with Crippen LogP contribution < -0.4 is 13.7 Å². The molecule has 4 rings (SSSR count). The molecule has 0 fully saturated rings. The Morgan fingerprint density at radius 1 is 1.00 bits per heavy atom. The molecule has 9 heteroatoms. The van der Waals surface area contributed by atoms with Crippen LogP contribution in [0.1, 0.15) is 29.8 Å². The van der Waals surface area contributed by atoms with Crippen molar-refractivity contribution in [3.05, 3.63) is 83.7 Å². The maximum Gasteiger partial charge on any atom is 0.339 e. The molecule has 0 bridgehead atoms. The molecule has 178 valence electrons. The van der Waals surface area contributed by atoms with Gasteiger partial charge < -0.3 is 18.6 Å². The van der Waals surface area contributed by atoms with Crippen molar-refractivity contribution in [2.75, 3.05) is 13.3 Å². The molecule has 0 aliphatic carbocycles. The predicted octanol–water partition coefficient (Wildman–Crippen LogP) is 4.62. The standard InChI is InChI=1S/C25H24FNO6S/c1-17(2)14-27(25(28)19-5-12-23-24(13-19)32-16-31-23)15-18-3-8-21(9-4-18)33-34(29,30)22-10-6-20(26)7-11-22/h3-13,17H,14-16H2,1-2H3. The van der Waals surface area contributed by atoms with Crippen molar-refractivity contribution in [3.8, 4) is 17.2 Å². The van der Waals surface area contributed by atoms with Gasteiger partial charge in [0.1, 0.15) is 16.5 Å². The van der Waals surface area contributed by atoms with Crippen molar-refractivity contribution in [2.45, 2.75) is 25.3 Å². The fraction of sp³-hybridized carbons (Fsp3) is 0.240. The van der Waals surface area contributed by atoms with Gasteiger partial charge in [0.2, 0.25) is 6.79 Å². The van der Waals surface area contributed by atoms with E-state index in [1.54, 1.807) is 35.2 Å². The van der Waals surface area contributed by atoms with Crippen LogP contribution in [-0.4, -0.2) is 32.6 Å². The molecule has 0 saturated heterocycles. The molecule has 0 saturated carbocycles. The zero-order chi connectivity index (χ0) is 24.3. The molecule has 0 atom stereocenters. The van der Waals surface area contributed by atoms with Gasteiger partial charge in [0, 0.05) is 18.7 Å². The number of hydrogen-bond acceptors (Lipinski definition) is 6. The average molecular weight is 486 g/mol. The summed E-state index contributed by atoms with van der Waals surface area (Å²) in [7, 11) is -4.09. The van der Waals surface area contributed by atoms with Crippen LogP contribution in [0.2, 0.25) is 0 Å². The highest BCUT2D eigenvalue weighted by atomic mass is 32.2. The Balaban J connectivity index is 1.48. The first-order valence-electron chi connectivity index (χ1n) is 10.7. The van der Waals surface area contributed by atoms with Crippen LogP contribution in [-0.2, 0) is 16.7 Å². The summed E-state index contributed by atoms with van der Waals surface area (Å²) in [4.78, 5) is 14.8. The molecule has 1 aliphatic heterocycles. The molecule has 3 aromatic rings. The Bertz CT molecular complexity index is 1270. The largest absolute Gasteiger partial charge is 0.454 e. The highest BCUT2D eigenvalue weighted by Crippen LogP contribution is 2.33. The molecule has 1 heterocycles. The monoisotopic (exact) mass is 485 g/mol. The second kappa shape index (κ2) is 9.72. The van der Waals surface area contributed by atoms with Crippen LogP contribution in [0.15, 0.2) is 71.6 Å². The Labute approximate surface area is 197 Å². The number of benzene rings is 3. The number of amides is 1. The number of rotatable bonds is 8. The molecule has 0 spiro atoms. The zero-order valence-corrected chi connectivity index (χ0v) is 19.5. The van der Waals surface area contributed by atoms with E-state index in [1.165, 1.54) is 12.1 Å². The molecular formula is C25H24FNO6S. The first-order chi connectivity index (χ1) is 16.2. The van der Waals surface area contributed by atoms with Gasteiger partial charge >= 0.3 is 10.1 Å². The van der Waals surface area contributed by atoms with Crippen LogP contribution >= 0.6 is 0 Å². The number of carbonyl (C=O) groups is 1. The molecule has 7 nitrogen and oxygen atoms in total. The van der Waals surface area contributed by atoms with E-state index in [-0.39, 0.29) is 29.3 Å². The molecule has 0 N–H and O–H groups in total. The number of hydrogen-bond donors (Lipinski definition) is 0. The second-order valence-electron chi connectivity index (χ2n) is 8.28. The third-order valence-corrected chi connectivity index (χ3v) is 6.36. The van der Waals surface area contributed by atoms with Crippen LogP contribution in [0.5, 0.6) is 17.2 Å². The highest BCUT2D eigenvalue weighted by molar-refractivity contribution is 7.87. The third kappa shape index (κ3) is 5.48. The quantitative estimate of drug-likeness (QED) is 0.433. The van der Waals surface area contributed by atoms with E-state index in [0.29, 0.717) is 30.2 Å². The normalized spacial score (nSPS) is 12.6. The van der Waals surface area contributed by atoms with E-state index in [4.69, 9.17) is 13.7 Å². The predicted molar refractivity (Wildman–Crippen MR) is 123 cm³/mol. The Kier molecular flexibility index (Phi) is 6.74. The van der Waals surface area contributed by atoms with Gasteiger partial charge in [-0.1, -0.05) is 26.0 Å². The molecule has 0 aromatic heterocycles. The number of halogens is 1. The summed E-state index contributed by atoms with van der Waals surface area (Å²) in [5.74, 6) is 0.820. The lowest BCUT2D eigenvalue weighted by atomic mass is 10.1. The van der Waals surface area contributed by atoms with Crippen LogP contribution in [0.3, 0.4) is 0 Å². The van der Waals surface area contributed by atoms with E-state index in [2.05, 4.69) is 0 Å². The summed E-state index contributed by atoms with van der Waals surface area (Å²) in [6.45, 7) is 5.04. The summed E-state index contributed by atoms with van der Waals surface area (Å²) >= 11 is 0. The van der Waals surface area contributed by atoms with Crippen molar-refractivity contribution in [1.82, 2.24) is 4.90 Å². The summed E-state index contributed by atoms with van der Waals surface area (Å²) in [6, 6.07) is 16.0. The van der Waals surface area contributed by atoms with Crippen molar-refractivity contribution in [3.63, 3.8) is 0 Å². The third-order valence-electron chi connectivity index (χ3n) is 5.10. The van der Waals surface area contributed by atoms with Crippen LogP contribution in [0.25, 0.3) is 0 Å². The van der Waals surface area contributed by atoms with E-state index in [1.807, 2.05) is 13.8 Å². The number of ether oxygens (including phenoxy) is 2. The lowest BCUT2D eigenvalue weighted by Crippen LogP contribution is -2.33. The van der Waals surface area contributed by atoms with Crippen molar-refractivity contribution in [2.24, 2.45) is 5.92 Å². The molecule has 1 amide bonds. The van der Waals surface area contributed by atoms with Gasteiger partial charge in [-0.3, -0.25) is 4.79 Å². The van der Waals surface area contributed by atoms with Gasteiger partial charge in [-0.2, -0.15) is 8.42 Å². The summed E-state index contributed by atoms with van der Waals surface area (Å²) in [6.07, 6.45) is 0. The Morgan fingerprint density at radius 3 is 2.35 bits per heavy atom.